The first-order valence-corrected chi connectivity index (χ1v) is 8.94. The largest absolute Gasteiger partial charge is 0.475 e. The van der Waals surface area contributed by atoms with E-state index in [4.69, 9.17) is 21.1 Å². The van der Waals surface area contributed by atoms with Crippen LogP contribution in [0.3, 0.4) is 0 Å². The van der Waals surface area contributed by atoms with Crippen LogP contribution in [0, 0.1) is 0 Å². The van der Waals surface area contributed by atoms with Crippen molar-refractivity contribution < 1.29 is 22.7 Å². The van der Waals surface area contributed by atoms with Crippen molar-refractivity contribution >= 4 is 33.3 Å². The molecule has 0 fully saturated rings. The summed E-state index contributed by atoms with van der Waals surface area (Å²) in [5.41, 5.74) is 0.652. The van der Waals surface area contributed by atoms with Gasteiger partial charge in [0.05, 0.1) is 9.92 Å². The molecule has 3 rings (SSSR count). The molecule has 0 aliphatic heterocycles. The van der Waals surface area contributed by atoms with Gasteiger partial charge in [-0.3, -0.25) is 4.72 Å². The molecule has 128 valence electrons. The molecule has 25 heavy (non-hydrogen) atoms. The van der Waals surface area contributed by atoms with E-state index in [9.17, 15) is 13.2 Å². The predicted octanol–water partition coefficient (Wildman–Crippen LogP) is 4.10. The topological polar surface area (TPSA) is 96.6 Å². The van der Waals surface area contributed by atoms with Crippen LogP contribution in [-0.4, -0.2) is 19.5 Å². The number of benzene rings is 2. The number of carbonyl (C=O) groups is 1. The molecule has 2 N–H and O–H groups in total. The van der Waals surface area contributed by atoms with Crippen LogP contribution in [0.1, 0.15) is 10.6 Å². The van der Waals surface area contributed by atoms with Gasteiger partial charge in [0.2, 0.25) is 5.76 Å². The van der Waals surface area contributed by atoms with Gasteiger partial charge in [0.25, 0.3) is 10.0 Å². The van der Waals surface area contributed by atoms with E-state index in [-0.39, 0.29) is 22.1 Å². The lowest BCUT2D eigenvalue weighted by molar-refractivity contribution is 0.0663. The highest BCUT2D eigenvalue weighted by Crippen LogP contribution is 2.32. The highest BCUT2D eigenvalue weighted by atomic mass is 35.5. The van der Waals surface area contributed by atoms with Crippen LogP contribution >= 0.6 is 11.6 Å². The summed E-state index contributed by atoms with van der Waals surface area (Å²) in [5, 5.41) is 9.23. The summed E-state index contributed by atoms with van der Waals surface area (Å²) < 4.78 is 32.4. The minimum absolute atomic E-state index is 0.123. The molecule has 0 saturated heterocycles. The van der Waals surface area contributed by atoms with E-state index in [0.29, 0.717) is 10.6 Å². The molecular formula is C17H12ClNO5S. The summed E-state index contributed by atoms with van der Waals surface area (Å²) in [4.78, 5) is 11.0. The summed E-state index contributed by atoms with van der Waals surface area (Å²) in [7, 11) is -3.75. The van der Waals surface area contributed by atoms with Gasteiger partial charge in [-0.05, 0) is 42.5 Å². The van der Waals surface area contributed by atoms with Crippen molar-refractivity contribution in [1.82, 2.24) is 0 Å². The Morgan fingerprint density at radius 3 is 2.40 bits per heavy atom. The van der Waals surface area contributed by atoms with Crippen LogP contribution in [0.5, 0.6) is 0 Å². The monoisotopic (exact) mass is 377 g/mol. The number of nitrogens with one attached hydrogen (secondary N) is 1. The van der Waals surface area contributed by atoms with Crippen LogP contribution in [0.15, 0.2) is 70.0 Å². The fourth-order valence-corrected chi connectivity index (χ4v) is 3.47. The quantitative estimate of drug-likeness (QED) is 0.697. The molecule has 0 atom stereocenters. The number of halogens is 1. The number of carboxylic acids is 1. The van der Waals surface area contributed by atoms with Crippen molar-refractivity contribution in [3.05, 3.63) is 71.4 Å². The molecule has 0 radical (unpaired) electrons. The van der Waals surface area contributed by atoms with Crippen LogP contribution in [0.4, 0.5) is 5.69 Å². The third-order valence-electron chi connectivity index (χ3n) is 3.35. The van der Waals surface area contributed by atoms with Crippen molar-refractivity contribution in [3.8, 4) is 11.3 Å². The Morgan fingerprint density at radius 2 is 1.76 bits per heavy atom. The average molecular weight is 378 g/mol. The SMILES string of the molecule is O=C(O)c1ccc(-c2cc(NS(=O)(=O)c3ccccc3)ccc2Cl)o1. The van der Waals surface area contributed by atoms with Gasteiger partial charge in [-0.25, -0.2) is 13.2 Å². The number of hydrogen-bond acceptors (Lipinski definition) is 4. The summed E-state index contributed by atoms with van der Waals surface area (Å²) >= 11 is 6.12. The van der Waals surface area contributed by atoms with Crippen molar-refractivity contribution in [3.63, 3.8) is 0 Å². The number of carboxylic acid groups (broad SMARTS) is 1. The Morgan fingerprint density at radius 1 is 1.04 bits per heavy atom. The standard InChI is InChI=1S/C17H12ClNO5S/c18-14-7-6-11(19-25(22,23)12-4-2-1-3-5-12)10-13(14)15-8-9-16(24-15)17(20)21/h1-10,19H,(H,20,21). The maximum Gasteiger partial charge on any atom is 0.371 e. The summed E-state index contributed by atoms with van der Waals surface area (Å²) in [6.07, 6.45) is 0. The molecule has 0 amide bonds. The molecule has 0 unspecified atom stereocenters. The third kappa shape index (κ3) is 3.67. The van der Waals surface area contributed by atoms with E-state index in [1.165, 1.54) is 42.5 Å². The molecule has 8 heteroatoms. The number of furan rings is 1. The lowest BCUT2D eigenvalue weighted by atomic mass is 10.1. The minimum Gasteiger partial charge on any atom is -0.475 e. The number of anilines is 1. The Hall–Kier alpha value is -2.77. The normalized spacial score (nSPS) is 11.2. The van der Waals surface area contributed by atoms with E-state index in [2.05, 4.69) is 4.72 Å². The molecule has 6 nitrogen and oxygen atoms in total. The van der Waals surface area contributed by atoms with Crippen molar-refractivity contribution in [2.45, 2.75) is 4.90 Å². The van der Waals surface area contributed by atoms with E-state index in [0.717, 1.165) is 0 Å². The van der Waals surface area contributed by atoms with Crippen LogP contribution in [0.25, 0.3) is 11.3 Å². The molecule has 0 aliphatic rings. The van der Waals surface area contributed by atoms with Gasteiger partial charge < -0.3 is 9.52 Å². The molecular weight excluding hydrogens is 366 g/mol. The number of aromatic carboxylic acids is 1. The fourth-order valence-electron chi connectivity index (χ4n) is 2.19. The first-order chi connectivity index (χ1) is 11.9. The van der Waals surface area contributed by atoms with E-state index >= 15 is 0 Å². The first kappa shape index (κ1) is 17.1. The second kappa shape index (κ2) is 6.62. The van der Waals surface area contributed by atoms with Crippen molar-refractivity contribution in [2.24, 2.45) is 0 Å². The van der Waals surface area contributed by atoms with E-state index in [1.807, 2.05) is 0 Å². The van der Waals surface area contributed by atoms with Crippen molar-refractivity contribution in [2.75, 3.05) is 4.72 Å². The second-order valence-corrected chi connectivity index (χ2v) is 7.17. The summed E-state index contributed by atoms with van der Waals surface area (Å²) in [6, 6.07) is 15.2. The zero-order valence-electron chi connectivity index (χ0n) is 12.6. The summed E-state index contributed by atoms with van der Waals surface area (Å²) in [6.45, 7) is 0. The maximum atomic E-state index is 12.4. The van der Waals surface area contributed by atoms with E-state index < -0.39 is 16.0 Å². The number of rotatable bonds is 5. The van der Waals surface area contributed by atoms with E-state index in [1.54, 1.807) is 18.2 Å². The number of sulfonamides is 1. The molecule has 0 spiro atoms. The van der Waals surface area contributed by atoms with Gasteiger partial charge in [0, 0.05) is 11.3 Å². The lowest BCUT2D eigenvalue weighted by Crippen LogP contribution is -2.12. The molecule has 0 saturated carbocycles. The highest BCUT2D eigenvalue weighted by Gasteiger charge is 2.17. The fraction of sp³-hybridized carbons (Fsp3) is 0. The van der Waals surface area contributed by atoms with Gasteiger partial charge in [-0.1, -0.05) is 29.8 Å². The zero-order chi connectivity index (χ0) is 18.0. The molecule has 0 aliphatic carbocycles. The number of hydrogen-bond donors (Lipinski definition) is 2. The highest BCUT2D eigenvalue weighted by molar-refractivity contribution is 7.92. The molecule has 1 heterocycles. The predicted molar refractivity (Wildman–Crippen MR) is 93.4 cm³/mol. The Balaban J connectivity index is 1.95. The van der Waals surface area contributed by atoms with Gasteiger partial charge in [-0.15, -0.1) is 0 Å². The van der Waals surface area contributed by atoms with Gasteiger partial charge in [0.15, 0.2) is 0 Å². The van der Waals surface area contributed by atoms with Gasteiger partial charge in [0.1, 0.15) is 5.76 Å². The second-order valence-electron chi connectivity index (χ2n) is 5.08. The van der Waals surface area contributed by atoms with Gasteiger partial charge in [-0.2, -0.15) is 0 Å². The van der Waals surface area contributed by atoms with Crippen LogP contribution in [0.2, 0.25) is 5.02 Å². The molecule has 2 aromatic carbocycles. The van der Waals surface area contributed by atoms with Crippen LogP contribution in [-0.2, 0) is 10.0 Å². The smallest absolute Gasteiger partial charge is 0.371 e. The maximum absolute atomic E-state index is 12.4. The summed E-state index contributed by atoms with van der Waals surface area (Å²) in [5.74, 6) is -1.21. The Bertz CT molecular complexity index is 1030. The molecule has 1 aromatic heterocycles. The third-order valence-corrected chi connectivity index (χ3v) is 5.08. The Labute approximate surface area is 148 Å². The minimum atomic E-state index is -3.75. The average Bonchev–Trinajstić information content (AvgIpc) is 3.07. The first-order valence-electron chi connectivity index (χ1n) is 7.08. The molecule has 3 aromatic rings. The van der Waals surface area contributed by atoms with Crippen LogP contribution < -0.4 is 4.72 Å². The Kier molecular flexibility index (Phi) is 4.52. The lowest BCUT2D eigenvalue weighted by Gasteiger charge is -2.10. The van der Waals surface area contributed by atoms with Crippen molar-refractivity contribution in [1.29, 1.82) is 0 Å². The molecule has 0 bridgehead atoms. The zero-order valence-corrected chi connectivity index (χ0v) is 14.2. The van der Waals surface area contributed by atoms with Gasteiger partial charge >= 0.3 is 5.97 Å².